The molecular formula is C10H17N3O3. The lowest BCUT2D eigenvalue weighted by Crippen LogP contribution is -2.49. The third-order valence-electron chi connectivity index (χ3n) is 2.58. The molecule has 1 fully saturated rings. The lowest BCUT2D eigenvalue weighted by atomic mass is 10.2. The van der Waals surface area contributed by atoms with E-state index in [-0.39, 0.29) is 24.1 Å². The summed E-state index contributed by atoms with van der Waals surface area (Å²) in [5.41, 5.74) is 0. The van der Waals surface area contributed by atoms with E-state index < -0.39 is 12.1 Å². The van der Waals surface area contributed by atoms with E-state index in [0.717, 1.165) is 4.90 Å². The van der Waals surface area contributed by atoms with Crippen LogP contribution in [0.5, 0.6) is 0 Å². The van der Waals surface area contributed by atoms with E-state index in [1.54, 1.807) is 6.92 Å². The van der Waals surface area contributed by atoms with Crippen LogP contribution in [0.2, 0.25) is 0 Å². The molecule has 16 heavy (non-hydrogen) atoms. The summed E-state index contributed by atoms with van der Waals surface area (Å²) in [6, 6.07) is -1.05. The van der Waals surface area contributed by atoms with Gasteiger partial charge in [0.1, 0.15) is 0 Å². The number of rotatable bonds is 4. The maximum Gasteiger partial charge on any atom is 0.246 e. The van der Waals surface area contributed by atoms with Crippen LogP contribution in [0.3, 0.4) is 0 Å². The van der Waals surface area contributed by atoms with Gasteiger partial charge in [-0.1, -0.05) is 0 Å². The molecule has 0 aromatic rings. The number of hydrogen-bond acceptors (Lipinski definition) is 4. The summed E-state index contributed by atoms with van der Waals surface area (Å²) in [4.78, 5) is 35.3. The standard InChI is InChI=1S/C10H17N3O3/c1-4-11-9(15)6(2)12-7-5-8(14)13(3)10(7)16/h6-7,12H,4-5H2,1-3H3,(H,11,15). The first-order chi connectivity index (χ1) is 7.47. The van der Waals surface area contributed by atoms with E-state index in [4.69, 9.17) is 0 Å². The summed E-state index contributed by atoms with van der Waals surface area (Å²) in [6.07, 6.45) is 0.124. The molecule has 2 unspecified atom stereocenters. The summed E-state index contributed by atoms with van der Waals surface area (Å²) >= 11 is 0. The first-order valence-corrected chi connectivity index (χ1v) is 5.31. The average Bonchev–Trinajstić information content (AvgIpc) is 2.47. The lowest BCUT2D eigenvalue weighted by molar-refractivity contribution is -0.137. The Bertz CT molecular complexity index is 316. The van der Waals surface area contributed by atoms with Crippen LogP contribution in [0.25, 0.3) is 0 Å². The monoisotopic (exact) mass is 227 g/mol. The quantitative estimate of drug-likeness (QED) is 0.595. The second kappa shape index (κ2) is 5.07. The zero-order valence-corrected chi connectivity index (χ0v) is 9.74. The fourth-order valence-electron chi connectivity index (χ4n) is 1.59. The second-order valence-electron chi connectivity index (χ2n) is 3.83. The number of imide groups is 1. The van der Waals surface area contributed by atoms with Gasteiger partial charge in [0.2, 0.25) is 17.7 Å². The van der Waals surface area contributed by atoms with Gasteiger partial charge in [0.15, 0.2) is 0 Å². The molecule has 2 N–H and O–H groups in total. The minimum atomic E-state index is -0.574. The highest BCUT2D eigenvalue weighted by Crippen LogP contribution is 2.10. The van der Waals surface area contributed by atoms with Gasteiger partial charge >= 0.3 is 0 Å². The maximum atomic E-state index is 11.5. The third kappa shape index (κ3) is 2.57. The Hall–Kier alpha value is -1.43. The van der Waals surface area contributed by atoms with Gasteiger partial charge in [0.25, 0.3) is 0 Å². The Morgan fingerprint density at radius 1 is 1.56 bits per heavy atom. The summed E-state index contributed by atoms with van der Waals surface area (Å²) < 4.78 is 0. The van der Waals surface area contributed by atoms with Crippen LogP contribution in [0.4, 0.5) is 0 Å². The van der Waals surface area contributed by atoms with Crippen molar-refractivity contribution in [3.05, 3.63) is 0 Å². The zero-order valence-electron chi connectivity index (χ0n) is 9.74. The molecule has 1 aliphatic rings. The molecule has 1 saturated heterocycles. The van der Waals surface area contributed by atoms with Crippen molar-refractivity contribution in [2.75, 3.05) is 13.6 Å². The van der Waals surface area contributed by atoms with Crippen molar-refractivity contribution in [3.8, 4) is 0 Å². The molecule has 0 aromatic carbocycles. The van der Waals surface area contributed by atoms with E-state index in [1.807, 2.05) is 6.92 Å². The van der Waals surface area contributed by atoms with Gasteiger partial charge in [-0.3, -0.25) is 24.6 Å². The molecule has 0 bridgehead atoms. The number of hydrogen-bond donors (Lipinski definition) is 2. The molecule has 0 radical (unpaired) electrons. The highest BCUT2D eigenvalue weighted by atomic mass is 16.2. The molecule has 0 aliphatic carbocycles. The van der Waals surface area contributed by atoms with Crippen molar-refractivity contribution in [2.24, 2.45) is 0 Å². The average molecular weight is 227 g/mol. The maximum absolute atomic E-state index is 11.5. The number of carbonyl (C=O) groups excluding carboxylic acids is 3. The Morgan fingerprint density at radius 2 is 2.19 bits per heavy atom. The number of nitrogens with zero attached hydrogens (tertiary/aromatic N) is 1. The van der Waals surface area contributed by atoms with Crippen LogP contribution in [-0.2, 0) is 14.4 Å². The molecular weight excluding hydrogens is 210 g/mol. The van der Waals surface area contributed by atoms with E-state index in [2.05, 4.69) is 10.6 Å². The van der Waals surface area contributed by atoms with Gasteiger partial charge < -0.3 is 5.32 Å². The van der Waals surface area contributed by atoms with Gasteiger partial charge in [-0.2, -0.15) is 0 Å². The fraction of sp³-hybridized carbons (Fsp3) is 0.700. The van der Waals surface area contributed by atoms with Crippen LogP contribution in [0.15, 0.2) is 0 Å². The van der Waals surface area contributed by atoms with Gasteiger partial charge in [-0.05, 0) is 13.8 Å². The Morgan fingerprint density at radius 3 is 2.62 bits per heavy atom. The van der Waals surface area contributed by atoms with Crippen molar-refractivity contribution in [3.63, 3.8) is 0 Å². The number of nitrogens with one attached hydrogen (secondary N) is 2. The minimum Gasteiger partial charge on any atom is -0.355 e. The van der Waals surface area contributed by atoms with Crippen LogP contribution in [0, 0.1) is 0 Å². The van der Waals surface area contributed by atoms with Crippen LogP contribution >= 0.6 is 0 Å². The SMILES string of the molecule is CCNC(=O)C(C)NC1CC(=O)N(C)C1=O. The molecule has 6 heteroatoms. The highest BCUT2D eigenvalue weighted by Gasteiger charge is 2.37. The van der Waals surface area contributed by atoms with Crippen molar-refractivity contribution in [1.29, 1.82) is 0 Å². The van der Waals surface area contributed by atoms with Crippen molar-refractivity contribution >= 4 is 17.7 Å². The summed E-state index contributed by atoms with van der Waals surface area (Å²) in [7, 11) is 1.45. The summed E-state index contributed by atoms with van der Waals surface area (Å²) in [5, 5.41) is 5.50. The Labute approximate surface area is 94.4 Å². The van der Waals surface area contributed by atoms with E-state index in [0.29, 0.717) is 6.54 Å². The largest absolute Gasteiger partial charge is 0.355 e. The van der Waals surface area contributed by atoms with Gasteiger partial charge in [0, 0.05) is 13.6 Å². The van der Waals surface area contributed by atoms with E-state index >= 15 is 0 Å². The molecule has 0 saturated carbocycles. The zero-order chi connectivity index (χ0) is 12.3. The number of carbonyl (C=O) groups is 3. The lowest BCUT2D eigenvalue weighted by Gasteiger charge is -2.16. The molecule has 2 atom stereocenters. The first kappa shape index (κ1) is 12.6. The molecule has 90 valence electrons. The molecule has 1 aliphatic heterocycles. The van der Waals surface area contributed by atoms with Crippen molar-refractivity contribution < 1.29 is 14.4 Å². The summed E-state index contributed by atoms with van der Waals surface area (Å²) in [5.74, 6) is -0.663. The van der Waals surface area contributed by atoms with E-state index in [1.165, 1.54) is 7.05 Å². The third-order valence-corrected chi connectivity index (χ3v) is 2.58. The molecule has 6 nitrogen and oxygen atoms in total. The first-order valence-electron chi connectivity index (χ1n) is 5.31. The molecule has 0 aromatic heterocycles. The number of amides is 3. The Kier molecular flexibility index (Phi) is 4.00. The van der Waals surface area contributed by atoms with Crippen LogP contribution < -0.4 is 10.6 Å². The molecule has 1 heterocycles. The molecule has 0 spiro atoms. The summed E-state index contributed by atoms with van der Waals surface area (Å²) in [6.45, 7) is 4.03. The minimum absolute atomic E-state index is 0.124. The van der Waals surface area contributed by atoms with Gasteiger partial charge in [-0.25, -0.2) is 0 Å². The highest BCUT2D eigenvalue weighted by molar-refractivity contribution is 6.05. The smallest absolute Gasteiger partial charge is 0.246 e. The van der Waals surface area contributed by atoms with Crippen LogP contribution in [0.1, 0.15) is 20.3 Å². The predicted octanol–water partition coefficient (Wildman–Crippen LogP) is -1.14. The van der Waals surface area contributed by atoms with Crippen molar-refractivity contribution in [2.45, 2.75) is 32.4 Å². The van der Waals surface area contributed by atoms with Crippen molar-refractivity contribution in [1.82, 2.24) is 15.5 Å². The molecule has 1 rings (SSSR count). The second-order valence-corrected chi connectivity index (χ2v) is 3.83. The number of likely N-dealkylation sites (N-methyl/N-ethyl adjacent to an activating group) is 2. The number of likely N-dealkylation sites (tertiary alicyclic amines) is 1. The van der Waals surface area contributed by atoms with Crippen LogP contribution in [-0.4, -0.2) is 48.3 Å². The fourth-order valence-corrected chi connectivity index (χ4v) is 1.59. The normalized spacial score (nSPS) is 22.4. The van der Waals surface area contributed by atoms with Gasteiger partial charge in [-0.15, -0.1) is 0 Å². The van der Waals surface area contributed by atoms with Gasteiger partial charge in [0.05, 0.1) is 18.5 Å². The molecule has 3 amide bonds. The van der Waals surface area contributed by atoms with E-state index in [9.17, 15) is 14.4 Å². The Balaban J connectivity index is 2.52. The predicted molar refractivity (Wildman–Crippen MR) is 57.5 cm³/mol. The topological polar surface area (TPSA) is 78.5 Å².